The Morgan fingerprint density at radius 3 is 2.95 bits per heavy atom. The number of likely N-dealkylation sites (N-methyl/N-ethyl adjacent to an activating group) is 1. The average Bonchev–Trinajstić information content (AvgIpc) is 3.05. The number of nitrogens with zero attached hydrogens (tertiary/aromatic N) is 3. The van der Waals surface area contributed by atoms with Crippen molar-refractivity contribution < 1.29 is 15.0 Å². The van der Waals surface area contributed by atoms with E-state index in [2.05, 4.69) is 9.98 Å². The molecule has 0 saturated carbocycles. The molecule has 2 N–H and O–H groups in total. The van der Waals surface area contributed by atoms with E-state index < -0.39 is 12.0 Å². The van der Waals surface area contributed by atoms with Gasteiger partial charge in [0.2, 0.25) is 0 Å². The second-order valence-electron chi connectivity index (χ2n) is 4.93. The number of carboxylic acid groups (broad SMARTS) is 1. The molecule has 0 bridgehead atoms. The number of carboxylic acids is 1. The Hall–Kier alpha value is -1.25. The maximum atomic E-state index is 11.2. The van der Waals surface area contributed by atoms with Crippen LogP contribution in [0, 0.1) is 0 Å². The molecule has 1 aromatic heterocycles. The van der Waals surface area contributed by atoms with Gasteiger partial charge in [0.1, 0.15) is 22.5 Å². The summed E-state index contributed by atoms with van der Waals surface area (Å²) < 4.78 is 0. The topological polar surface area (TPSA) is 86.0 Å². The maximum Gasteiger partial charge on any atom is 0.321 e. The van der Waals surface area contributed by atoms with E-state index in [1.807, 2.05) is 11.9 Å². The van der Waals surface area contributed by atoms with Gasteiger partial charge in [-0.25, -0.2) is 0 Å². The molecule has 1 aromatic rings. The number of pyridine rings is 1. The fourth-order valence-electron chi connectivity index (χ4n) is 2.46. The van der Waals surface area contributed by atoms with Crippen molar-refractivity contribution in [3.63, 3.8) is 0 Å². The Kier molecular flexibility index (Phi) is 4.10. The highest BCUT2D eigenvalue weighted by atomic mass is 32.2. The van der Waals surface area contributed by atoms with E-state index in [0.717, 1.165) is 10.8 Å². The summed E-state index contributed by atoms with van der Waals surface area (Å²) >= 11 is 3.18. The molecule has 2 aliphatic rings. The molecule has 0 amide bonds. The van der Waals surface area contributed by atoms with Gasteiger partial charge in [-0.15, -0.1) is 23.5 Å². The lowest BCUT2D eigenvalue weighted by Gasteiger charge is -2.24. The summed E-state index contributed by atoms with van der Waals surface area (Å²) in [5, 5.41) is 19.8. The Morgan fingerprint density at radius 2 is 2.29 bits per heavy atom. The number of aliphatic carboxylic acids is 1. The Balaban J connectivity index is 1.78. The monoisotopic (exact) mass is 325 g/mol. The van der Waals surface area contributed by atoms with Crippen molar-refractivity contribution in [3.8, 4) is 5.75 Å². The molecule has 6 nitrogen and oxygen atoms in total. The molecule has 8 heteroatoms. The van der Waals surface area contributed by atoms with Crippen LogP contribution < -0.4 is 0 Å². The molecule has 1 saturated heterocycles. The van der Waals surface area contributed by atoms with E-state index in [-0.39, 0.29) is 17.2 Å². The normalized spacial score (nSPS) is 29.6. The lowest BCUT2D eigenvalue weighted by atomic mass is 10.2. The highest BCUT2D eigenvalue weighted by Gasteiger charge is 2.41. The number of carbonyl (C=O) groups is 1. The molecule has 112 valence electrons. The zero-order valence-corrected chi connectivity index (χ0v) is 13.0. The predicted octanol–water partition coefficient (Wildman–Crippen LogP) is 1.11. The molecule has 3 atom stereocenters. The van der Waals surface area contributed by atoms with Crippen molar-refractivity contribution in [2.24, 2.45) is 4.99 Å². The largest absolute Gasteiger partial charge is 0.506 e. The lowest BCUT2D eigenvalue weighted by Crippen LogP contribution is -2.42. The summed E-state index contributed by atoms with van der Waals surface area (Å²) in [6, 6.07) is 2.84. The van der Waals surface area contributed by atoms with Crippen molar-refractivity contribution in [1.82, 2.24) is 9.88 Å². The van der Waals surface area contributed by atoms with Crippen LogP contribution in [0.5, 0.6) is 5.75 Å². The van der Waals surface area contributed by atoms with E-state index >= 15 is 0 Å². The minimum Gasteiger partial charge on any atom is -0.506 e. The van der Waals surface area contributed by atoms with Gasteiger partial charge in [-0.2, -0.15) is 0 Å². The first-order valence-corrected chi connectivity index (χ1v) is 8.52. The minimum absolute atomic E-state index is 0.0192. The molecule has 0 radical (unpaired) electrons. The molecule has 21 heavy (non-hydrogen) atoms. The van der Waals surface area contributed by atoms with Crippen LogP contribution in [0.1, 0.15) is 5.69 Å². The van der Waals surface area contributed by atoms with Crippen molar-refractivity contribution in [1.29, 1.82) is 0 Å². The molecule has 2 aliphatic heterocycles. The first-order chi connectivity index (χ1) is 10.1. The van der Waals surface area contributed by atoms with Crippen molar-refractivity contribution in [2.75, 3.05) is 18.6 Å². The second kappa shape index (κ2) is 5.86. The fourth-order valence-corrected chi connectivity index (χ4v) is 5.19. The Bertz CT molecular complexity index is 596. The van der Waals surface area contributed by atoms with Crippen LogP contribution in [0.25, 0.3) is 0 Å². The summed E-state index contributed by atoms with van der Waals surface area (Å²) in [7, 11) is 1.83. The molecule has 0 spiro atoms. The number of aliphatic imine (C=N–C) groups is 1. The van der Waals surface area contributed by atoms with Gasteiger partial charge in [0.05, 0.1) is 11.4 Å². The van der Waals surface area contributed by atoms with Crippen LogP contribution in [-0.4, -0.2) is 67.1 Å². The van der Waals surface area contributed by atoms with Gasteiger partial charge in [0.25, 0.3) is 0 Å². The van der Waals surface area contributed by atoms with Gasteiger partial charge in [-0.1, -0.05) is 0 Å². The van der Waals surface area contributed by atoms with E-state index in [9.17, 15) is 15.0 Å². The molecule has 3 heterocycles. The van der Waals surface area contributed by atoms with Crippen LogP contribution in [0.15, 0.2) is 23.3 Å². The van der Waals surface area contributed by atoms with E-state index in [4.69, 9.17) is 0 Å². The van der Waals surface area contributed by atoms with E-state index in [1.165, 1.54) is 0 Å². The number of aromatic nitrogens is 1. The van der Waals surface area contributed by atoms with Crippen LogP contribution in [-0.2, 0) is 4.79 Å². The smallest absolute Gasteiger partial charge is 0.321 e. The summed E-state index contributed by atoms with van der Waals surface area (Å²) in [5.74, 6) is 0.696. The van der Waals surface area contributed by atoms with Gasteiger partial charge < -0.3 is 10.2 Å². The number of thioether (sulfide) groups is 2. The first-order valence-electron chi connectivity index (χ1n) is 6.49. The predicted molar refractivity (Wildman–Crippen MR) is 84.1 cm³/mol. The zero-order valence-electron chi connectivity index (χ0n) is 11.3. The highest BCUT2D eigenvalue weighted by molar-refractivity contribution is 8.14. The van der Waals surface area contributed by atoms with Crippen LogP contribution in [0.4, 0.5) is 0 Å². The van der Waals surface area contributed by atoms with Gasteiger partial charge in [0.15, 0.2) is 0 Å². The molecule has 0 unspecified atom stereocenters. The lowest BCUT2D eigenvalue weighted by molar-refractivity contribution is -0.141. The van der Waals surface area contributed by atoms with E-state index in [0.29, 0.717) is 11.4 Å². The second-order valence-corrected chi connectivity index (χ2v) is 7.09. The number of rotatable bonds is 3. The number of aromatic hydroxyl groups is 1. The fraction of sp³-hybridized carbons (Fsp3) is 0.462. The van der Waals surface area contributed by atoms with E-state index in [1.54, 1.807) is 41.9 Å². The third-order valence-electron chi connectivity index (χ3n) is 3.59. The summed E-state index contributed by atoms with van der Waals surface area (Å²) in [4.78, 5) is 21.9. The molecular formula is C13H15N3O3S2. The average molecular weight is 325 g/mol. The molecule has 0 aliphatic carbocycles. The van der Waals surface area contributed by atoms with Crippen molar-refractivity contribution >= 4 is 34.5 Å². The quantitative estimate of drug-likeness (QED) is 0.861. The van der Waals surface area contributed by atoms with Gasteiger partial charge in [-0.3, -0.25) is 19.7 Å². The Labute approximate surface area is 130 Å². The summed E-state index contributed by atoms with van der Waals surface area (Å²) in [6.45, 7) is 0. The molecule has 0 aromatic carbocycles. The zero-order chi connectivity index (χ0) is 15.0. The SMILES string of the molecule is CN1[C@@H](C(=O)O)CS[C@H]1[C@@H]1CSC(c2ncccc2O)=N1. The van der Waals surface area contributed by atoms with Crippen LogP contribution >= 0.6 is 23.5 Å². The van der Waals surface area contributed by atoms with Gasteiger partial charge in [-0.05, 0) is 19.2 Å². The minimum atomic E-state index is -0.787. The third-order valence-corrected chi connectivity index (χ3v) is 6.17. The van der Waals surface area contributed by atoms with Gasteiger partial charge >= 0.3 is 5.97 Å². The molecule has 1 fully saturated rings. The maximum absolute atomic E-state index is 11.2. The van der Waals surface area contributed by atoms with Gasteiger partial charge in [0, 0.05) is 17.7 Å². The molecular weight excluding hydrogens is 310 g/mol. The number of hydrogen-bond donors (Lipinski definition) is 2. The first kappa shape index (κ1) is 14.7. The van der Waals surface area contributed by atoms with Crippen molar-refractivity contribution in [2.45, 2.75) is 17.5 Å². The standard InChI is InChI=1S/C13H15N3O3S2/c1-16-8(13(18)19)6-21-12(16)7-5-20-11(15-7)10-9(17)3-2-4-14-10/h2-4,7-8,12,17H,5-6H2,1H3,(H,18,19)/t7-,8+,12-/m0/s1. The van der Waals surface area contributed by atoms with Crippen molar-refractivity contribution in [3.05, 3.63) is 24.0 Å². The van der Waals surface area contributed by atoms with Crippen LogP contribution in [0.3, 0.4) is 0 Å². The molecule has 3 rings (SSSR count). The third kappa shape index (κ3) is 2.75. The highest BCUT2D eigenvalue weighted by Crippen LogP contribution is 2.37. The number of hydrogen-bond acceptors (Lipinski definition) is 7. The van der Waals surface area contributed by atoms with Crippen LogP contribution in [0.2, 0.25) is 0 Å². The summed E-state index contributed by atoms with van der Waals surface area (Å²) in [6.07, 6.45) is 1.63. The Morgan fingerprint density at radius 1 is 1.48 bits per heavy atom. The summed E-state index contributed by atoms with van der Waals surface area (Å²) in [5.41, 5.74) is 0.505.